The molecule has 0 aromatic heterocycles. The lowest BCUT2D eigenvalue weighted by Gasteiger charge is -2.41. The van der Waals surface area contributed by atoms with Gasteiger partial charge in [-0.1, -0.05) is 25.0 Å². The van der Waals surface area contributed by atoms with Crippen LogP contribution in [0.1, 0.15) is 50.1 Å². The second-order valence-corrected chi connectivity index (χ2v) is 7.44. The van der Waals surface area contributed by atoms with Crippen molar-refractivity contribution in [1.82, 2.24) is 5.43 Å². The van der Waals surface area contributed by atoms with Crippen molar-refractivity contribution in [3.05, 3.63) is 33.4 Å². The van der Waals surface area contributed by atoms with Crippen LogP contribution >= 0.6 is 22.6 Å². The van der Waals surface area contributed by atoms with Crippen molar-refractivity contribution >= 4 is 22.6 Å². The summed E-state index contributed by atoms with van der Waals surface area (Å²) in [7, 11) is 0. The molecule has 1 saturated carbocycles. The molecule has 2 fully saturated rings. The van der Waals surface area contributed by atoms with Gasteiger partial charge in [0.25, 0.3) is 0 Å². The number of ether oxygens (including phenoxy) is 1. The molecule has 0 bridgehead atoms. The van der Waals surface area contributed by atoms with Gasteiger partial charge in [0.15, 0.2) is 0 Å². The van der Waals surface area contributed by atoms with E-state index in [1.54, 1.807) is 0 Å². The zero-order valence-electron chi connectivity index (χ0n) is 11.8. The summed E-state index contributed by atoms with van der Waals surface area (Å²) in [6, 6.07) is 8.91. The summed E-state index contributed by atoms with van der Waals surface area (Å²) in [5, 5.41) is 0. The Kier molecular flexibility index (Phi) is 4.65. The summed E-state index contributed by atoms with van der Waals surface area (Å²) < 4.78 is 7.41. The average Bonchev–Trinajstić information content (AvgIpc) is 2.88. The van der Waals surface area contributed by atoms with Crippen LogP contribution in [0.4, 0.5) is 0 Å². The van der Waals surface area contributed by atoms with Crippen molar-refractivity contribution < 1.29 is 4.74 Å². The highest BCUT2D eigenvalue weighted by molar-refractivity contribution is 14.1. The fourth-order valence-corrected chi connectivity index (χ4v) is 4.49. The first kappa shape index (κ1) is 14.8. The zero-order chi connectivity index (χ0) is 14.0. The van der Waals surface area contributed by atoms with Crippen molar-refractivity contribution in [2.24, 2.45) is 11.8 Å². The largest absolute Gasteiger partial charge is 0.375 e. The number of rotatable bonds is 3. The standard InChI is InChI=1S/C16H23IN2O/c17-14-5-3-4-12(10-14)15(19-18)13-6-9-20-16(11-13)7-1-2-8-16/h3-5,10,13,15,19H,1-2,6-9,11,18H2. The molecule has 3 rings (SSSR count). The predicted octanol–water partition coefficient (Wildman–Crippen LogP) is 3.54. The van der Waals surface area contributed by atoms with Crippen molar-refractivity contribution in [3.8, 4) is 0 Å². The Balaban J connectivity index is 1.78. The Morgan fingerprint density at radius 1 is 1.35 bits per heavy atom. The van der Waals surface area contributed by atoms with E-state index in [1.807, 2.05) is 0 Å². The van der Waals surface area contributed by atoms with Gasteiger partial charge in [-0.3, -0.25) is 11.3 Å². The molecule has 110 valence electrons. The van der Waals surface area contributed by atoms with Gasteiger partial charge >= 0.3 is 0 Å². The van der Waals surface area contributed by atoms with E-state index in [9.17, 15) is 0 Å². The molecule has 2 unspecified atom stereocenters. The minimum absolute atomic E-state index is 0.153. The van der Waals surface area contributed by atoms with Crippen molar-refractivity contribution in [2.45, 2.75) is 50.2 Å². The third-order valence-corrected chi connectivity index (χ3v) is 5.58. The van der Waals surface area contributed by atoms with Gasteiger partial charge in [-0.15, -0.1) is 0 Å². The van der Waals surface area contributed by atoms with Crippen LogP contribution in [0.25, 0.3) is 0 Å². The van der Waals surface area contributed by atoms with Gasteiger partial charge < -0.3 is 4.74 Å². The minimum Gasteiger partial charge on any atom is -0.375 e. The van der Waals surface area contributed by atoms with Gasteiger partial charge in [0, 0.05) is 16.2 Å². The maximum Gasteiger partial charge on any atom is 0.0686 e. The van der Waals surface area contributed by atoms with Crippen molar-refractivity contribution in [3.63, 3.8) is 0 Å². The van der Waals surface area contributed by atoms with Crippen LogP contribution in [0, 0.1) is 9.49 Å². The van der Waals surface area contributed by atoms with E-state index in [0.29, 0.717) is 5.92 Å². The van der Waals surface area contributed by atoms with E-state index >= 15 is 0 Å². The van der Waals surface area contributed by atoms with E-state index in [4.69, 9.17) is 10.6 Å². The zero-order valence-corrected chi connectivity index (χ0v) is 13.9. The molecule has 20 heavy (non-hydrogen) atoms. The SMILES string of the molecule is NNC(c1cccc(I)c1)C1CCOC2(CCCC2)C1. The third kappa shape index (κ3) is 3.03. The molecule has 1 aliphatic heterocycles. The molecule has 0 radical (unpaired) electrons. The summed E-state index contributed by atoms with van der Waals surface area (Å²) in [6.07, 6.45) is 7.34. The maximum atomic E-state index is 6.14. The van der Waals surface area contributed by atoms with Crippen LogP contribution in [-0.2, 0) is 4.74 Å². The fourth-order valence-electron chi connectivity index (χ4n) is 3.92. The highest BCUT2D eigenvalue weighted by atomic mass is 127. The smallest absolute Gasteiger partial charge is 0.0686 e. The summed E-state index contributed by atoms with van der Waals surface area (Å²) in [6.45, 7) is 0.882. The molecule has 1 heterocycles. The van der Waals surface area contributed by atoms with Gasteiger partial charge in [0.2, 0.25) is 0 Å². The highest BCUT2D eigenvalue weighted by Crippen LogP contribution is 2.45. The fraction of sp³-hybridized carbons (Fsp3) is 0.625. The molecule has 3 N–H and O–H groups in total. The number of hydrogen-bond donors (Lipinski definition) is 2. The molecular formula is C16H23IN2O. The molecular weight excluding hydrogens is 363 g/mol. The third-order valence-electron chi connectivity index (χ3n) is 4.90. The minimum atomic E-state index is 0.153. The first-order valence-corrected chi connectivity index (χ1v) is 8.66. The van der Waals surface area contributed by atoms with Gasteiger partial charge in [-0.2, -0.15) is 0 Å². The first-order chi connectivity index (χ1) is 9.72. The van der Waals surface area contributed by atoms with Crippen LogP contribution in [0.2, 0.25) is 0 Å². The summed E-state index contributed by atoms with van der Waals surface area (Å²) >= 11 is 2.36. The van der Waals surface area contributed by atoms with Gasteiger partial charge in [-0.25, -0.2) is 0 Å². The van der Waals surface area contributed by atoms with Crippen molar-refractivity contribution in [2.75, 3.05) is 6.61 Å². The number of nitrogens with one attached hydrogen (secondary N) is 1. The number of hydrogen-bond acceptors (Lipinski definition) is 3. The summed E-state index contributed by atoms with van der Waals surface area (Å²) in [5.41, 5.74) is 4.52. The van der Waals surface area contributed by atoms with E-state index in [1.165, 1.54) is 34.8 Å². The Labute approximate surface area is 134 Å². The molecule has 3 nitrogen and oxygen atoms in total. The monoisotopic (exact) mass is 386 g/mol. The van der Waals surface area contributed by atoms with Gasteiger partial charge in [0.05, 0.1) is 5.60 Å². The van der Waals surface area contributed by atoms with Crippen LogP contribution in [0.15, 0.2) is 24.3 Å². The predicted molar refractivity (Wildman–Crippen MR) is 89.1 cm³/mol. The Morgan fingerprint density at radius 3 is 2.85 bits per heavy atom. The quantitative estimate of drug-likeness (QED) is 0.475. The first-order valence-electron chi connectivity index (χ1n) is 7.58. The molecule has 1 aromatic carbocycles. The summed E-state index contributed by atoms with van der Waals surface area (Å²) in [4.78, 5) is 0. The normalized spacial score (nSPS) is 26.8. The van der Waals surface area contributed by atoms with E-state index in [0.717, 1.165) is 19.4 Å². The lowest BCUT2D eigenvalue weighted by Crippen LogP contribution is -2.43. The molecule has 1 saturated heterocycles. The Hall–Kier alpha value is -0.170. The molecule has 2 atom stereocenters. The van der Waals surface area contributed by atoms with Crippen LogP contribution in [0.5, 0.6) is 0 Å². The average molecular weight is 386 g/mol. The number of benzene rings is 1. The van der Waals surface area contributed by atoms with E-state index < -0.39 is 0 Å². The van der Waals surface area contributed by atoms with Gasteiger partial charge in [0.1, 0.15) is 0 Å². The van der Waals surface area contributed by atoms with E-state index in [2.05, 4.69) is 52.3 Å². The van der Waals surface area contributed by atoms with Crippen LogP contribution in [-0.4, -0.2) is 12.2 Å². The number of hydrazine groups is 1. The molecule has 4 heteroatoms. The molecule has 0 amide bonds. The lowest BCUT2D eigenvalue weighted by molar-refractivity contribution is -0.0982. The summed E-state index contributed by atoms with van der Waals surface area (Å²) in [5.74, 6) is 6.45. The molecule has 1 spiro atoms. The van der Waals surface area contributed by atoms with Crippen LogP contribution in [0.3, 0.4) is 0 Å². The topological polar surface area (TPSA) is 47.3 Å². The van der Waals surface area contributed by atoms with Crippen LogP contribution < -0.4 is 11.3 Å². The second-order valence-electron chi connectivity index (χ2n) is 6.19. The number of nitrogens with two attached hydrogens (primary N) is 1. The molecule has 2 aliphatic rings. The van der Waals surface area contributed by atoms with Gasteiger partial charge in [-0.05, 0) is 71.9 Å². The Bertz CT molecular complexity index is 460. The van der Waals surface area contributed by atoms with Crippen molar-refractivity contribution in [1.29, 1.82) is 0 Å². The molecule has 1 aliphatic carbocycles. The molecule has 1 aromatic rings. The Morgan fingerprint density at radius 2 is 2.15 bits per heavy atom. The number of halogens is 1. The highest BCUT2D eigenvalue weighted by Gasteiger charge is 2.42. The second kappa shape index (κ2) is 6.30. The maximum absolute atomic E-state index is 6.14. The lowest BCUT2D eigenvalue weighted by atomic mass is 9.79. The van der Waals surface area contributed by atoms with E-state index in [-0.39, 0.29) is 11.6 Å².